The van der Waals surface area contributed by atoms with Crippen LogP contribution in [0.1, 0.15) is 24.8 Å². The van der Waals surface area contributed by atoms with Crippen LogP contribution in [0.2, 0.25) is 5.02 Å². The summed E-state index contributed by atoms with van der Waals surface area (Å²) in [6.07, 6.45) is 8.27. The zero-order valence-electron chi connectivity index (χ0n) is 15.1. The maximum atomic E-state index is 6.40. The molecule has 1 saturated heterocycles. The summed E-state index contributed by atoms with van der Waals surface area (Å²) in [5.74, 6) is 2.23. The van der Waals surface area contributed by atoms with Gasteiger partial charge in [0.05, 0.1) is 18.2 Å². The lowest BCUT2D eigenvalue weighted by atomic mass is 9.96. The highest BCUT2D eigenvalue weighted by molar-refractivity contribution is 6.32. The van der Waals surface area contributed by atoms with Gasteiger partial charge in [-0.25, -0.2) is 0 Å². The Morgan fingerprint density at radius 2 is 2.00 bits per heavy atom. The molecule has 140 valence electrons. The van der Waals surface area contributed by atoms with Crippen LogP contribution in [0.5, 0.6) is 11.5 Å². The zero-order chi connectivity index (χ0) is 17.8. The van der Waals surface area contributed by atoms with Gasteiger partial charge >= 0.3 is 0 Å². The summed E-state index contributed by atoms with van der Waals surface area (Å²) >= 11 is 6.40. The van der Waals surface area contributed by atoms with Crippen LogP contribution in [0.3, 0.4) is 0 Å². The summed E-state index contributed by atoms with van der Waals surface area (Å²) in [4.78, 5) is 2.55. The average molecular weight is 376 g/mol. The van der Waals surface area contributed by atoms with Crippen LogP contribution in [0, 0.1) is 5.92 Å². The van der Waals surface area contributed by atoms with Gasteiger partial charge in [0.2, 0.25) is 0 Å². The second-order valence-corrected chi connectivity index (χ2v) is 7.63. The van der Waals surface area contributed by atoms with Crippen LogP contribution < -0.4 is 9.47 Å². The summed E-state index contributed by atoms with van der Waals surface area (Å²) in [7, 11) is 0. The highest BCUT2D eigenvalue weighted by Gasteiger charge is 2.20. The highest BCUT2D eigenvalue weighted by Crippen LogP contribution is 2.38. The van der Waals surface area contributed by atoms with Gasteiger partial charge in [-0.15, -0.1) is 0 Å². The van der Waals surface area contributed by atoms with Crippen LogP contribution in [-0.4, -0.2) is 47.5 Å². The Labute approximate surface area is 159 Å². The fraction of sp³-hybridized carbons (Fsp3) is 0.550. The van der Waals surface area contributed by atoms with Crippen molar-refractivity contribution in [1.82, 2.24) is 14.7 Å². The first kappa shape index (κ1) is 17.7. The normalized spacial score (nSPS) is 18.7. The number of rotatable bonds is 5. The minimum Gasteiger partial charge on any atom is -0.489 e. The molecule has 2 aliphatic heterocycles. The van der Waals surface area contributed by atoms with Crippen molar-refractivity contribution in [3.8, 4) is 11.5 Å². The fourth-order valence-electron chi connectivity index (χ4n) is 3.78. The van der Waals surface area contributed by atoms with E-state index in [0.29, 0.717) is 24.0 Å². The highest BCUT2D eigenvalue weighted by atomic mass is 35.5. The van der Waals surface area contributed by atoms with Crippen LogP contribution in [-0.2, 0) is 13.0 Å². The standard InChI is InChI=1S/C20H26ClN3O2/c21-18-13-17(14-19-20(18)26-12-2-11-25-19)5-10-23-8-3-16(4-9-23)15-24-7-1-6-22-24/h1,6-7,13-14,16H,2-5,8-12,15H2. The van der Waals surface area contributed by atoms with Gasteiger partial charge in [-0.2, -0.15) is 5.10 Å². The van der Waals surface area contributed by atoms with E-state index in [1.165, 1.54) is 18.4 Å². The Morgan fingerprint density at radius 1 is 1.15 bits per heavy atom. The average Bonchev–Trinajstić information content (AvgIpc) is 3.04. The minimum absolute atomic E-state index is 0.664. The van der Waals surface area contributed by atoms with E-state index in [0.717, 1.165) is 50.7 Å². The van der Waals surface area contributed by atoms with Crippen molar-refractivity contribution in [3.05, 3.63) is 41.2 Å². The molecule has 2 aromatic rings. The predicted octanol–water partition coefficient (Wildman–Crippen LogP) is 3.65. The molecule has 5 nitrogen and oxygen atoms in total. The Balaban J connectivity index is 1.28. The Hall–Kier alpha value is -1.72. The molecule has 26 heavy (non-hydrogen) atoms. The van der Waals surface area contributed by atoms with Crippen molar-refractivity contribution in [2.75, 3.05) is 32.8 Å². The van der Waals surface area contributed by atoms with E-state index in [4.69, 9.17) is 21.1 Å². The lowest BCUT2D eigenvalue weighted by Crippen LogP contribution is -2.36. The third-order valence-corrected chi connectivity index (χ3v) is 5.57. The molecule has 4 rings (SSSR count). The summed E-state index contributed by atoms with van der Waals surface area (Å²) < 4.78 is 13.6. The van der Waals surface area contributed by atoms with Crippen LogP contribution in [0.15, 0.2) is 30.6 Å². The van der Waals surface area contributed by atoms with Gasteiger partial charge in [0.1, 0.15) is 0 Å². The van der Waals surface area contributed by atoms with Crippen molar-refractivity contribution in [1.29, 1.82) is 0 Å². The number of piperidine rings is 1. The molecular formula is C20H26ClN3O2. The van der Waals surface area contributed by atoms with E-state index >= 15 is 0 Å². The summed E-state index contributed by atoms with van der Waals surface area (Å²) in [5.41, 5.74) is 1.22. The van der Waals surface area contributed by atoms with Crippen molar-refractivity contribution in [2.45, 2.75) is 32.2 Å². The lowest BCUT2D eigenvalue weighted by Gasteiger charge is -2.32. The van der Waals surface area contributed by atoms with Crippen molar-refractivity contribution >= 4 is 11.6 Å². The number of hydrogen-bond acceptors (Lipinski definition) is 4. The molecule has 0 bridgehead atoms. The molecule has 0 radical (unpaired) electrons. The van der Waals surface area contributed by atoms with E-state index < -0.39 is 0 Å². The third-order valence-electron chi connectivity index (χ3n) is 5.29. The first-order chi connectivity index (χ1) is 12.8. The molecule has 0 aliphatic carbocycles. The molecule has 0 atom stereocenters. The molecule has 0 N–H and O–H groups in total. The number of halogens is 1. The minimum atomic E-state index is 0.664. The molecule has 2 aliphatic rings. The lowest BCUT2D eigenvalue weighted by molar-refractivity contribution is 0.172. The van der Waals surface area contributed by atoms with E-state index in [1.807, 2.05) is 18.3 Å². The van der Waals surface area contributed by atoms with Gasteiger partial charge in [-0.3, -0.25) is 4.68 Å². The summed E-state index contributed by atoms with van der Waals surface area (Å²) in [6.45, 7) is 5.77. The number of fused-ring (bicyclic) bond motifs is 1. The number of aromatic nitrogens is 2. The Bertz CT molecular complexity index is 712. The summed E-state index contributed by atoms with van der Waals surface area (Å²) in [6, 6.07) is 6.12. The molecule has 0 spiro atoms. The number of likely N-dealkylation sites (tertiary alicyclic amines) is 1. The summed E-state index contributed by atoms with van der Waals surface area (Å²) in [5, 5.41) is 4.99. The van der Waals surface area contributed by atoms with Crippen LogP contribution >= 0.6 is 11.6 Å². The smallest absolute Gasteiger partial charge is 0.179 e. The SMILES string of the molecule is Clc1cc(CCN2CCC(Cn3cccn3)CC2)cc2c1OCCCO2. The fourth-order valence-corrected chi connectivity index (χ4v) is 4.07. The van der Waals surface area contributed by atoms with Gasteiger partial charge in [-0.05, 0) is 62.0 Å². The van der Waals surface area contributed by atoms with E-state index in [2.05, 4.69) is 26.9 Å². The van der Waals surface area contributed by atoms with Gasteiger partial charge in [0.25, 0.3) is 0 Å². The Morgan fingerprint density at radius 3 is 2.81 bits per heavy atom. The molecule has 0 saturated carbocycles. The Kier molecular flexibility index (Phi) is 5.65. The molecule has 1 aromatic carbocycles. The predicted molar refractivity (Wildman–Crippen MR) is 102 cm³/mol. The molecule has 1 fully saturated rings. The van der Waals surface area contributed by atoms with Gasteiger partial charge in [0, 0.05) is 31.9 Å². The van der Waals surface area contributed by atoms with Crippen molar-refractivity contribution in [2.24, 2.45) is 5.92 Å². The maximum Gasteiger partial charge on any atom is 0.179 e. The zero-order valence-corrected chi connectivity index (χ0v) is 15.8. The molecule has 0 unspecified atom stereocenters. The van der Waals surface area contributed by atoms with Gasteiger partial charge in [-0.1, -0.05) is 11.6 Å². The molecule has 1 aromatic heterocycles. The third kappa shape index (κ3) is 4.33. The molecular weight excluding hydrogens is 350 g/mol. The number of hydrogen-bond donors (Lipinski definition) is 0. The topological polar surface area (TPSA) is 39.5 Å². The monoisotopic (exact) mass is 375 g/mol. The van der Waals surface area contributed by atoms with Crippen molar-refractivity contribution < 1.29 is 9.47 Å². The first-order valence-electron chi connectivity index (χ1n) is 9.56. The van der Waals surface area contributed by atoms with E-state index in [-0.39, 0.29) is 0 Å². The number of nitrogens with zero attached hydrogens (tertiary/aromatic N) is 3. The number of ether oxygens (including phenoxy) is 2. The quantitative estimate of drug-likeness (QED) is 0.799. The molecule has 0 amide bonds. The van der Waals surface area contributed by atoms with E-state index in [1.54, 1.807) is 0 Å². The van der Waals surface area contributed by atoms with Gasteiger partial charge in [0.15, 0.2) is 11.5 Å². The van der Waals surface area contributed by atoms with Crippen LogP contribution in [0.4, 0.5) is 0 Å². The second kappa shape index (κ2) is 8.31. The molecule has 6 heteroatoms. The van der Waals surface area contributed by atoms with Gasteiger partial charge < -0.3 is 14.4 Å². The largest absolute Gasteiger partial charge is 0.489 e. The second-order valence-electron chi connectivity index (χ2n) is 7.22. The molecule has 3 heterocycles. The van der Waals surface area contributed by atoms with Crippen LogP contribution in [0.25, 0.3) is 0 Å². The van der Waals surface area contributed by atoms with E-state index in [9.17, 15) is 0 Å². The first-order valence-corrected chi connectivity index (χ1v) is 9.93. The maximum absolute atomic E-state index is 6.40. The number of benzene rings is 1. The van der Waals surface area contributed by atoms with Crippen molar-refractivity contribution in [3.63, 3.8) is 0 Å².